The van der Waals surface area contributed by atoms with Crippen LogP contribution in [0.25, 0.3) is 10.2 Å². The van der Waals surface area contributed by atoms with Crippen LogP contribution in [0.4, 0.5) is 0 Å². The Morgan fingerprint density at radius 3 is 3.07 bits per heavy atom. The molecular weight excluding hydrogens is 374 g/mol. The number of fused-ring (bicyclic) bond motifs is 1. The van der Waals surface area contributed by atoms with Crippen LogP contribution in [0.5, 0.6) is 5.75 Å². The maximum absolute atomic E-state index is 12.7. The number of amides is 1. The molecule has 1 saturated heterocycles. The van der Waals surface area contributed by atoms with E-state index in [0.29, 0.717) is 29.2 Å². The van der Waals surface area contributed by atoms with Crippen LogP contribution in [0.1, 0.15) is 48.1 Å². The van der Waals surface area contributed by atoms with Crippen LogP contribution in [-0.2, 0) is 6.61 Å². The van der Waals surface area contributed by atoms with Crippen molar-refractivity contribution < 1.29 is 13.9 Å². The van der Waals surface area contributed by atoms with Crippen LogP contribution in [0.2, 0.25) is 0 Å². The van der Waals surface area contributed by atoms with Gasteiger partial charge in [-0.05, 0) is 43.7 Å². The molecule has 0 N–H and O–H groups in total. The Kier molecular flexibility index (Phi) is 5.35. The number of rotatable bonds is 6. The van der Waals surface area contributed by atoms with Gasteiger partial charge in [0.1, 0.15) is 12.0 Å². The number of carbonyl (C=O) groups is 1. The number of benzene rings is 1. The predicted octanol–water partition coefficient (Wildman–Crippen LogP) is 4.68. The van der Waals surface area contributed by atoms with Gasteiger partial charge in [0.15, 0.2) is 12.3 Å². The fourth-order valence-corrected chi connectivity index (χ4v) is 4.58. The summed E-state index contributed by atoms with van der Waals surface area (Å²) in [4.78, 5) is 23.4. The second kappa shape index (κ2) is 7.91. The van der Waals surface area contributed by atoms with Crippen molar-refractivity contribution in [3.8, 4) is 5.75 Å². The lowest BCUT2D eigenvalue weighted by Crippen LogP contribution is -2.29. The molecule has 3 aromatic rings. The number of carbonyl (C=O) groups excluding carboxylic acids is 1. The average molecular weight is 400 g/mol. The van der Waals surface area contributed by atoms with Crippen LogP contribution in [0.15, 0.2) is 28.9 Å². The van der Waals surface area contributed by atoms with E-state index < -0.39 is 0 Å². The van der Waals surface area contributed by atoms with E-state index >= 15 is 0 Å². The molecule has 1 aliphatic heterocycles. The van der Waals surface area contributed by atoms with Crippen LogP contribution >= 0.6 is 11.3 Å². The van der Waals surface area contributed by atoms with Crippen molar-refractivity contribution in [2.24, 2.45) is 11.8 Å². The van der Waals surface area contributed by atoms with Crippen molar-refractivity contribution >= 4 is 27.5 Å². The zero-order valence-electron chi connectivity index (χ0n) is 16.5. The van der Waals surface area contributed by atoms with E-state index in [-0.39, 0.29) is 12.5 Å². The molecule has 0 bridgehead atoms. The third kappa shape index (κ3) is 4.19. The zero-order valence-corrected chi connectivity index (χ0v) is 17.3. The maximum atomic E-state index is 12.7. The molecule has 0 saturated carbocycles. The van der Waals surface area contributed by atoms with Gasteiger partial charge in [-0.1, -0.05) is 13.8 Å². The highest BCUT2D eigenvalue weighted by atomic mass is 32.1. The van der Waals surface area contributed by atoms with Gasteiger partial charge in [-0.15, -0.1) is 11.3 Å². The van der Waals surface area contributed by atoms with Crippen molar-refractivity contribution in [1.82, 2.24) is 14.9 Å². The molecule has 1 aromatic carbocycles. The van der Waals surface area contributed by atoms with Gasteiger partial charge < -0.3 is 14.1 Å². The number of oxazole rings is 1. The van der Waals surface area contributed by atoms with Gasteiger partial charge in [0.05, 0.1) is 15.2 Å². The van der Waals surface area contributed by atoms with E-state index in [1.165, 1.54) is 6.26 Å². The Balaban J connectivity index is 1.35. The van der Waals surface area contributed by atoms with Crippen molar-refractivity contribution in [3.05, 3.63) is 41.1 Å². The van der Waals surface area contributed by atoms with Crippen molar-refractivity contribution in [3.63, 3.8) is 0 Å². The Bertz CT molecular complexity index is 978. The first kappa shape index (κ1) is 18.9. The summed E-state index contributed by atoms with van der Waals surface area (Å²) >= 11 is 1.66. The Morgan fingerprint density at radius 1 is 1.39 bits per heavy atom. The molecule has 1 aliphatic rings. The van der Waals surface area contributed by atoms with Gasteiger partial charge in [-0.25, -0.2) is 9.97 Å². The second-order valence-electron chi connectivity index (χ2n) is 7.81. The Hall–Kier alpha value is -2.41. The first-order valence-electron chi connectivity index (χ1n) is 9.71. The molecule has 4 rings (SSSR count). The molecule has 1 fully saturated rings. The molecule has 0 radical (unpaired) electrons. The molecule has 1 amide bonds. The number of nitrogens with zero attached hydrogens (tertiary/aromatic N) is 3. The molecule has 6 nitrogen and oxygen atoms in total. The van der Waals surface area contributed by atoms with E-state index in [2.05, 4.69) is 23.8 Å². The first-order valence-corrected chi connectivity index (χ1v) is 10.5. The van der Waals surface area contributed by atoms with E-state index in [4.69, 9.17) is 9.15 Å². The topological polar surface area (TPSA) is 68.5 Å². The lowest BCUT2D eigenvalue weighted by Gasteiger charge is -2.15. The number of ether oxygens (including phenoxy) is 1. The van der Waals surface area contributed by atoms with Gasteiger partial charge >= 0.3 is 0 Å². The number of likely N-dealkylation sites (tertiary alicyclic amines) is 1. The fourth-order valence-electron chi connectivity index (χ4n) is 3.77. The fraction of sp³-hybridized carbons (Fsp3) is 0.476. The summed E-state index contributed by atoms with van der Waals surface area (Å²) in [7, 11) is 0. The molecule has 148 valence electrons. The third-order valence-corrected chi connectivity index (χ3v) is 5.93. The molecule has 3 heterocycles. The van der Waals surface area contributed by atoms with Crippen LogP contribution in [0.3, 0.4) is 0 Å². The second-order valence-corrected chi connectivity index (χ2v) is 9.05. The Labute approximate surface area is 168 Å². The van der Waals surface area contributed by atoms with E-state index in [1.54, 1.807) is 11.3 Å². The highest BCUT2D eigenvalue weighted by Gasteiger charge is 2.28. The quantitative estimate of drug-likeness (QED) is 0.602. The molecular formula is C21H25N3O3S. The molecule has 28 heavy (non-hydrogen) atoms. The standard InChI is InChI=1S/C21H25N3O3S/c1-13(2)8-15-6-7-24(10-15)21(25)18-11-27-20(23-18)12-26-16-4-5-19-17(9-16)22-14(3)28-19/h4-5,9,11,13,15H,6-8,10,12H2,1-3H3. The number of aryl methyl sites for hydroxylation is 1. The highest BCUT2D eigenvalue weighted by Crippen LogP contribution is 2.26. The van der Waals surface area contributed by atoms with Gasteiger partial charge in [0.2, 0.25) is 5.89 Å². The summed E-state index contributed by atoms with van der Waals surface area (Å²) in [5, 5.41) is 1.03. The van der Waals surface area contributed by atoms with E-state index in [1.807, 2.05) is 30.0 Å². The summed E-state index contributed by atoms with van der Waals surface area (Å²) in [5.74, 6) is 2.29. The number of hydrogen-bond donors (Lipinski definition) is 0. The molecule has 1 atom stereocenters. The third-order valence-electron chi connectivity index (χ3n) is 4.98. The van der Waals surface area contributed by atoms with Gasteiger partial charge in [0.25, 0.3) is 5.91 Å². The number of thiazole rings is 1. The molecule has 0 spiro atoms. The number of hydrogen-bond acceptors (Lipinski definition) is 6. The Morgan fingerprint density at radius 2 is 2.25 bits per heavy atom. The average Bonchev–Trinajstić information content (AvgIpc) is 3.37. The molecule has 1 unspecified atom stereocenters. The van der Waals surface area contributed by atoms with E-state index in [9.17, 15) is 4.79 Å². The maximum Gasteiger partial charge on any atom is 0.275 e. The van der Waals surface area contributed by atoms with Gasteiger partial charge in [-0.3, -0.25) is 4.79 Å². The normalized spacial score (nSPS) is 17.0. The van der Waals surface area contributed by atoms with Crippen molar-refractivity contribution in [2.75, 3.05) is 13.1 Å². The lowest BCUT2D eigenvalue weighted by molar-refractivity contribution is 0.0779. The smallest absolute Gasteiger partial charge is 0.275 e. The van der Waals surface area contributed by atoms with Gasteiger partial charge in [0, 0.05) is 19.2 Å². The van der Waals surface area contributed by atoms with E-state index in [0.717, 1.165) is 41.2 Å². The number of aromatic nitrogens is 2. The van der Waals surface area contributed by atoms with Crippen LogP contribution in [0, 0.1) is 18.8 Å². The molecule has 0 aliphatic carbocycles. The minimum absolute atomic E-state index is 0.0550. The lowest BCUT2D eigenvalue weighted by atomic mass is 9.97. The first-order chi connectivity index (χ1) is 13.5. The highest BCUT2D eigenvalue weighted by molar-refractivity contribution is 7.18. The largest absolute Gasteiger partial charge is 0.484 e. The molecule has 2 aromatic heterocycles. The van der Waals surface area contributed by atoms with Crippen LogP contribution in [-0.4, -0.2) is 33.9 Å². The summed E-state index contributed by atoms with van der Waals surface area (Å²) < 4.78 is 12.4. The van der Waals surface area contributed by atoms with Gasteiger partial charge in [-0.2, -0.15) is 0 Å². The summed E-state index contributed by atoms with van der Waals surface area (Å²) in [6, 6.07) is 5.82. The minimum atomic E-state index is -0.0550. The van der Waals surface area contributed by atoms with Crippen molar-refractivity contribution in [1.29, 1.82) is 0 Å². The predicted molar refractivity (Wildman–Crippen MR) is 109 cm³/mol. The summed E-state index contributed by atoms with van der Waals surface area (Å²) in [6.07, 6.45) is 3.66. The SMILES string of the molecule is Cc1nc2cc(OCc3nc(C(=O)N4CCC(CC(C)C)C4)co3)ccc2s1. The monoisotopic (exact) mass is 399 g/mol. The zero-order chi connectivity index (χ0) is 19.7. The minimum Gasteiger partial charge on any atom is -0.484 e. The molecule has 7 heteroatoms. The summed E-state index contributed by atoms with van der Waals surface area (Å²) in [5.41, 5.74) is 1.28. The summed E-state index contributed by atoms with van der Waals surface area (Å²) in [6.45, 7) is 8.22. The van der Waals surface area contributed by atoms with Crippen molar-refractivity contribution in [2.45, 2.75) is 40.2 Å². The van der Waals surface area contributed by atoms with Crippen LogP contribution < -0.4 is 4.74 Å².